The number of H-pyrrole nitrogens is 3. The van der Waals surface area contributed by atoms with E-state index in [2.05, 4.69) is 130 Å². The highest BCUT2D eigenvalue weighted by atomic mass is 32.2. The van der Waals surface area contributed by atoms with Crippen molar-refractivity contribution in [1.29, 1.82) is 0 Å². The first-order valence-electron chi connectivity index (χ1n) is 46.8. The number of carboxylic acid groups (broad SMARTS) is 1. The second-order valence-electron chi connectivity index (χ2n) is 39.7. The molecule has 2 aliphatic heterocycles. The van der Waals surface area contributed by atoms with Gasteiger partial charge < -0.3 is 69.2 Å². The number of ether oxygens (including phenoxy) is 5. The Morgan fingerprint density at radius 2 is 1.01 bits per heavy atom. The first kappa shape index (κ1) is 118. The number of hydrogen-bond donors (Lipinski definition) is 9. The van der Waals surface area contributed by atoms with Crippen LogP contribution in [0.25, 0.3) is 10.4 Å². The summed E-state index contributed by atoms with van der Waals surface area (Å²) in [6, 6.07) is 28.7. The van der Waals surface area contributed by atoms with Crippen LogP contribution in [0.4, 0.5) is 14.4 Å². The normalized spacial score (nSPS) is 17.2. The number of aryl methyl sites for hydroxylation is 1. The Kier molecular flexibility index (Phi) is 41.6. The number of aliphatic carboxylic acids is 1. The number of terminal acetylenes is 1. The van der Waals surface area contributed by atoms with Crippen molar-refractivity contribution in [2.24, 2.45) is 22.4 Å². The van der Waals surface area contributed by atoms with E-state index in [0.29, 0.717) is 66.9 Å². The molecule has 10 aromatic rings. The second-order valence-corrected chi connectivity index (χ2v) is 41.3. The molecule has 15 rings (SSSR count). The molecule has 2 bridgehead atoms. The third kappa shape index (κ3) is 36.5. The molecule has 11 atom stereocenters. The Bertz CT molecular complexity index is 6270. The van der Waals surface area contributed by atoms with Crippen LogP contribution in [-0.4, -0.2) is 258 Å². The highest BCUT2D eigenvalue weighted by Crippen LogP contribution is 2.66. The fraction of sp³-hybridized carbons (Fsp3) is 0.495. The van der Waals surface area contributed by atoms with Gasteiger partial charge in [0.2, 0.25) is 0 Å². The topological polar surface area (TPSA) is 661 Å². The minimum atomic E-state index is -3.76. The molecule has 0 radical (unpaired) electrons. The number of alkyl carbamates (subject to hydrolysis) is 3. The molecule has 9 N–H and O–H groups in total. The number of aliphatic hydroxyl groups is 2. The number of azide groups is 1. The number of aromatic amines is 3. The number of carbonyl (C=O) groups is 11. The smallest absolute Gasteiger partial charge is 0.457 e. The molecule has 5 aliphatic rings. The van der Waals surface area contributed by atoms with Crippen molar-refractivity contribution in [2.45, 2.75) is 273 Å². The van der Waals surface area contributed by atoms with Gasteiger partial charge in [0.05, 0.1) is 87.4 Å². The summed E-state index contributed by atoms with van der Waals surface area (Å²) in [5.41, 5.74) is 12.5. The maximum absolute atomic E-state index is 13.6. The zero-order valence-corrected chi connectivity index (χ0v) is 87.3. The van der Waals surface area contributed by atoms with E-state index in [1.165, 1.54) is 70.5 Å². The average Bonchev–Trinajstić information content (AvgIpc) is 1.45. The minimum absolute atomic E-state index is 0.100. The Morgan fingerprint density at radius 3 is 1.41 bits per heavy atom. The van der Waals surface area contributed by atoms with Gasteiger partial charge in [0.1, 0.15) is 86.2 Å². The van der Waals surface area contributed by atoms with Gasteiger partial charge in [0.15, 0.2) is 53.5 Å². The van der Waals surface area contributed by atoms with Gasteiger partial charge in [-0.05, 0) is 214 Å². The molecule has 4 amide bonds. The maximum atomic E-state index is 13.6. The van der Waals surface area contributed by atoms with Crippen molar-refractivity contribution >= 4 is 82.3 Å². The highest BCUT2D eigenvalue weighted by molar-refractivity contribution is 7.86. The maximum Gasteiger partial charge on any atom is 0.457 e. The number of ketones is 5. The molecular formula is C97H128BN25O24S. The molecule has 794 valence electrons. The van der Waals surface area contributed by atoms with Crippen LogP contribution in [0.15, 0.2) is 145 Å². The molecule has 3 aliphatic carbocycles. The van der Waals surface area contributed by atoms with Crippen molar-refractivity contribution in [2.75, 3.05) is 19.3 Å². The lowest BCUT2D eigenvalue weighted by molar-refractivity contribution is -0.199. The number of esters is 1. The van der Waals surface area contributed by atoms with E-state index >= 15 is 0 Å². The van der Waals surface area contributed by atoms with Crippen LogP contribution in [0.2, 0.25) is 6.32 Å². The lowest BCUT2D eigenvalue weighted by Crippen LogP contribution is -2.65. The van der Waals surface area contributed by atoms with E-state index in [0.717, 1.165) is 40.5 Å². The Hall–Kier alpha value is -15.2. The summed E-state index contributed by atoms with van der Waals surface area (Å²) >= 11 is 0. The van der Waals surface area contributed by atoms with E-state index in [1.807, 2.05) is 137 Å². The minimum Gasteiger partial charge on any atom is -0.486 e. The molecule has 8 heterocycles. The summed E-state index contributed by atoms with van der Waals surface area (Å²) in [7, 11) is -4.07. The number of nitrogens with zero attached hydrogens (tertiary/aromatic N) is 19. The molecule has 0 spiro atoms. The number of benzene rings is 4. The number of likely N-dealkylation sites (tertiary alicyclic amines) is 1. The predicted octanol–water partition coefficient (Wildman–Crippen LogP) is 10.3. The van der Waals surface area contributed by atoms with Gasteiger partial charge in [-0.1, -0.05) is 138 Å². The van der Waals surface area contributed by atoms with Gasteiger partial charge in [0, 0.05) is 11.1 Å². The molecule has 6 aromatic heterocycles. The van der Waals surface area contributed by atoms with Gasteiger partial charge in [-0.3, -0.25) is 33.0 Å². The van der Waals surface area contributed by atoms with Gasteiger partial charge in [-0.2, -0.15) is 54.7 Å². The third-order valence-corrected chi connectivity index (χ3v) is 23.0. The van der Waals surface area contributed by atoms with Crippen LogP contribution in [0.1, 0.15) is 260 Å². The van der Waals surface area contributed by atoms with Crippen molar-refractivity contribution in [3.05, 3.63) is 218 Å². The molecule has 3 saturated carbocycles. The molecule has 5 fully saturated rings. The van der Waals surface area contributed by atoms with Gasteiger partial charge >= 0.3 is 37.3 Å². The molecule has 49 nitrogen and oxygen atoms in total. The van der Waals surface area contributed by atoms with E-state index in [1.54, 1.807) is 89.0 Å². The number of aromatic nitrogens is 18. The van der Waals surface area contributed by atoms with Crippen molar-refractivity contribution in [1.82, 2.24) is 112 Å². The van der Waals surface area contributed by atoms with Crippen LogP contribution >= 0.6 is 0 Å². The summed E-state index contributed by atoms with van der Waals surface area (Å²) in [5, 5.41) is 90.0. The first-order chi connectivity index (χ1) is 69.2. The summed E-state index contributed by atoms with van der Waals surface area (Å²) < 4.78 is 72.5. The molecular weight excluding hydrogens is 1940 g/mol. The fourth-order valence-corrected chi connectivity index (χ4v) is 16.0. The molecule has 2 saturated heterocycles. The van der Waals surface area contributed by atoms with Crippen LogP contribution < -0.4 is 20.7 Å². The third-order valence-electron chi connectivity index (χ3n) is 22.5. The number of rotatable bonds is 31. The van der Waals surface area contributed by atoms with Gasteiger partial charge in [0.25, 0.3) is 16.0 Å². The Labute approximate surface area is 855 Å². The highest BCUT2D eigenvalue weighted by Gasteiger charge is 2.68. The van der Waals surface area contributed by atoms with Crippen molar-refractivity contribution < 1.29 is 114 Å². The average molecular weight is 2070 g/mol. The van der Waals surface area contributed by atoms with E-state index in [9.17, 15) is 66.3 Å². The zero-order valence-electron chi connectivity index (χ0n) is 86.5. The summed E-state index contributed by atoms with van der Waals surface area (Å²) in [5.74, 6) is -0.335. The molecule has 4 aromatic carbocycles. The summed E-state index contributed by atoms with van der Waals surface area (Å²) in [6.07, 6.45) is 11.6. The van der Waals surface area contributed by atoms with E-state index in [4.69, 9.17) is 52.9 Å². The van der Waals surface area contributed by atoms with Crippen LogP contribution in [0.3, 0.4) is 0 Å². The quantitative estimate of drug-likeness (QED) is 0.00285. The fourth-order valence-electron chi connectivity index (χ4n) is 15.4. The molecule has 148 heavy (non-hydrogen) atoms. The Balaban J connectivity index is 0.000000229. The first-order valence-corrected chi connectivity index (χ1v) is 48.6. The van der Waals surface area contributed by atoms with E-state index in [-0.39, 0.29) is 95.2 Å². The summed E-state index contributed by atoms with van der Waals surface area (Å²) in [4.78, 5) is 133. The number of carboxylic acids is 1. The van der Waals surface area contributed by atoms with Crippen LogP contribution in [0.5, 0.6) is 5.75 Å². The number of amides is 4. The van der Waals surface area contributed by atoms with Gasteiger partial charge in [-0.25, -0.2) is 38.0 Å². The van der Waals surface area contributed by atoms with Crippen molar-refractivity contribution in [3.8, 4) is 18.1 Å². The van der Waals surface area contributed by atoms with Crippen LogP contribution in [-0.2, 0) is 102 Å². The molecule has 51 heteroatoms. The lowest BCUT2D eigenvalue weighted by atomic mass is 9.43. The number of hydrogen-bond acceptors (Lipinski definition) is 36. The van der Waals surface area contributed by atoms with Gasteiger partial charge in [-0.15, -0.1) is 21.7 Å². The second kappa shape index (κ2) is 52.2. The zero-order chi connectivity index (χ0) is 110. The number of nitrogens with one attached hydrogen (secondary N) is 6. The van der Waals surface area contributed by atoms with Crippen molar-refractivity contribution in [3.63, 3.8) is 0 Å². The monoisotopic (exact) mass is 2070 g/mol. The SMILES string of the molecule is C#CC(O)C(C)=O.CC(=O)C(N=[N+]=[N-])c1cn(Cc2ccccc2)nn1.CC(=O)C(NC(=O)OC(C)(C)C)c1cn[nH]n1.CC(=O)C(O)c1cn(Cc2ccccc2)nn1.CC(=O)C(OS(C)(=O)=O)c1cn(Cc2ccccc2)nn1.CC(C)(C)OC(=O)NC(C(=O)O)c1cn[nH]n1.Cc1c(CCB2O[C@@H]3C[C@@H]4C[C@@H](C4(C)C)[C@]3(C)O2)ccc(OC2CN(C(=O)C(NC(=O)OC(C)(C)C)c3cn[nH]n3)C2)c1C(=O)OC(C)(C)C. The standard InChI is InChI=1S/C36H52BN5O8.C13H15N3O4S.C12H12N6O.C12H13N3O2.C10H16N4O3.C9H14N4O4.C5H6O2/c1-20-21(13-14-37-49-27-16-22-15-26(35(22,8)9)36(27,10)50-37)11-12-25(28(20)31(44)47-33(2,3)4)46-23-18-42(19-23)30(43)29(24-17-38-41-40-24)39-32(45)48-34(5,6)7;1-10(17)13(20-21(2,18)19)12-9-16(15-14-12)8-11-6-4-3-5-7-11;1-9(19)12(15-16-13)11-8-18(17-14-11)7-10-5-3-2-4-6-10;1-9(16)12(17)11-8-15(14-13-11)7-10-5-3-2-4-6-10;1-6(15)8(7-5-11-14-13-7)12-9(16)17-10(2,3)4;1-9(2,3)17-8(16)11-6(7(14)15)5-4-10-13-12-5;1-3-5(7)4(2)6/h11-12,17,22-23,26-27,29H,13-16,18-19H2,1-10H3,(H,39,45)(H,38,40,41);3-7,9,13H,8H2,1-2H3;2-6,8,12H,7H2,1H3;2-6,8,12,17H,7H2,1H3;5,8H,1-4H3,(H,12,16)(H,11,13,14);4,6H,1-3H3,(H,11,16)(H,14,15)(H,10,12,13);1,5,7H,2H3/t22-,26-,27+,29?,36-;;;;;;/m0....../s1. The van der Waals surface area contributed by atoms with E-state index < -0.39 is 111 Å². The largest absolute Gasteiger partial charge is 0.486 e. The molecule has 7 unspecified atom stereocenters. The number of carbonyl (C=O) groups excluding carboxylic acids is 10. The predicted molar refractivity (Wildman–Crippen MR) is 530 cm³/mol. The number of Topliss-reactive ketones (excluding diaryl/α,β-unsaturated/α-hetero) is 5. The Morgan fingerprint density at radius 1 is 0.581 bits per heavy atom. The lowest BCUT2D eigenvalue weighted by Gasteiger charge is -2.64. The van der Waals surface area contributed by atoms with Crippen LogP contribution in [0, 0.1) is 36.5 Å². The summed E-state index contributed by atoms with van der Waals surface area (Å²) in [6.45, 7) is 38.4. The number of aliphatic hydroxyl groups excluding tert-OH is 2.